The van der Waals surface area contributed by atoms with Gasteiger partial charge in [-0.3, -0.25) is 0 Å². The summed E-state index contributed by atoms with van der Waals surface area (Å²) in [4.78, 5) is 0. The van der Waals surface area contributed by atoms with Crippen molar-refractivity contribution in [1.82, 2.24) is 0 Å². The fourth-order valence-electron chi connectivity index (χ4n) is 1.61. The molecule has 0 radical (unpaired) electrons. The largest absolute Gasteiger partial charge is 0.497 e. The zero-order chi connectivity index (χ0) is 11.4. The molecule has 0 aliphatic heterocycles. The highest BCUT2D eigenvalue weighted by Gasteiger charge is 2.14. The highest BCUT2D eigenvalue weighted by atomic mass is 16.5. The Hall–Kier alpha value is -1.26. The van der Waals surface area contributed by atoms with Crippen molar-refractivity contribution in [2.45, 2.75) is 13.0 Å². The Kier molecular flexibility index (Phi) is 3.94. The Balaban J connectivity index is 3.24. The SMILES string of the molecule is COc1cc(C)c([C@@H](N)CN)c(OC)c1. The van der Waals surface area contributed by atoms with Gasteiger partial charge < -0.3 is 20.9 Å². The van der Waals surface area contributed by atoms with E-state index in [0.29, 0.717) is 6.54 Å². The molecular weight excluding hydrogens is 192 g/mol. The van der Waals surface area contributed by atoms with Crippen molar-refractivity contribution in [2.75, 3.05) is 20.8 Å². The molecule has 0 amide bonds. The van der Waals surface area contributed by atoms with Gasteiger partial charge in [0.15, 0.2) is 0 Å². The maximum Gasteiger partial charge on any atom is 0.127 e. The van der Waals surface area contributed by atoms with Gasteiger partial charge >= 0.3 is 0 Å². The molecule has 84 valence electrons. The first-order valence-electron chi connectivity index (χ1n) is 4.82. The van der Waals surface area contributed by atoms with E-state index in [4.69, 9.17) is 20.9 Å². The van der Waals surface area contributed by atoms with Crippen LogP contribution >= 0.6 is 0 Å². The number of hydrogen-bond donors (Lipinski definition) is 2. The molecule has 1 atom stereocenters. The van der Waals surface area contributed by atoms with Crippen LogP contribution in [-0.2, 0) is 0 Å². The third-order valence-electron chi connectivity index (χ3n) is 2.40. The van der Waals surface area contributed by atoms with E-state index in [-0.39, 0.29) is 6.04 Å². The van der Waals surface area contributed by atoms with E-state index in [1.807, 2.05) is 19.1 Å². The van der Waals surface area contributed by atoms with Gasteiger partial charge in [0.2, 0.25) is 0 Å². The van der Waals surface area contributed by atoms with Crippen LogP contribution < -0.4 is 20.9 Å². The zero-order valence-electron chi connectivity index (χ0n) is 9.41. The van der Waals surface area contributed by atoms with Crippen molar-refractivity contribution in [2.24, 2.45) is 11.5 Å². The van der Waals surface area contributed by atoms with Gasteiger partial charge in [-0.15, -0.1) is 0 Å². The summed E-state index contributed by atoms with van der Waals surface area (Å²) in [5.74, 6) is 1.49. The molecule has 0 spiro atoms. The Bertz CT molecular complexity index is 340. The summed E-state index contributed by atoms with van der Waals surface area (Å²) in [6, 6.07) is 3.54. The van der Waals surface area contributed by atoms with Gasteiger partial charge in [0.1, 0.15) is 11.5 Å². The number of rotatable bonds is 4. The second-order valence-corrected chi connectivity index (χ2v) is 3.40. The summed E-state index contributed by atoms with van der Waals surface area (Å²) in [5.41, 5.74) is 13.4. The molecule has 0 fully saturated rings. The van der Waals surface area contributed by atoms with E-state index < -0.39 is 0 Å². The first-order chi connectivity index (χ1) is 7.13. The summed E-state index contributed by atoms with van der Waals surface area (Å²) in [6.07, 6.45) is 0. The molecule has 1 rings (SSSR count). The maximum absolute atomic E-state index is 5.92. The summed E-state index contributed by atoms with van der Waals surface area (Å²) >= 11 is 0. The number of aryl methyl sites for hydroxylation is 1. The minimum absolute atomic E-state index is 0.203. The van der Waals surface area contributed by atoms with Crippen LogP contribution in [0.4, 0.5) is 0 Å². The number of ether oxygens (including phenoxy) is 2. The van der Waals surface area contributed by atoms with Crippen molar-refractivity contribution < 1.29 is 9.47 Å². The normalized spacial score (nSPS) is 12.3. The Morgan fingerprint density at radius 3 is 2.40 bits per heavy atom. The standard InChI is InChI=1S/C11H18N2O2/c1-7-4-8(14-2)5-10(15-3)11(7)9(13)6-12/h4-5,9H,6,12-13H2,1-3H3/t9-/m0/s1. The molecule has 0 unspecified atom stereocenters. The Labute approximate surface area is 90.2 Å². The lowest BCUT2D eigenvalue weighted by atomic mass is 10.0. The van der Waals surface area contributed by atoms with E-state index in [1.165, 1.54) is 0 Å². The topological polar surface area (TPSA) is 70.5 Å². The second-order valence-electron chi connectivity index (χ2n) is 3.40. The smallest absolute Gasteiger partial charge is 0.127 e. The molecule has 0 saturated carbocycles. The van der Waals surface area contributed by atoms with Gasteiger partial charge in [0.05, 0.1) is 14.2 Å². The van der Waals surface area contributed by atoms with Crippen LogP contribution in [0, 0.1) is 6.92 Å². The molecule has 1 aromatic carbocycles. The Morgan fingerprint density at radius 1 is 1.27 bits per heavy atom. The summed E-state index contributed by atoms with van der Waals surface area (Å²) in [7, 11) is 3.23. The van der Waals surface area contributed by atoms with Crippen molar-refractivity contribution in [1.29, 1.82) is 0 Å². The van der Waals surface area contributed by atoms with Crippen LogP contribution in [0.15, 0.2) is 12.1 Å². The zero-order valence-corrected chi connectivity index (χ0v) is 9.41. The highest BCUT2D eigenvalue weighted by Crippen LogP contribution is 2.31. The molecule has 0 aliphatic carbocycles. The van der Waals surface area contributed by atoms with E-state index in [0.717, 1.165) is 22.6 Å². The molecule has 0 aromatic heterocycles. The average Bonchev–Trinajstić information content (AvgIpc) is 2.26. The van der Waals surface area contributed by atoms with Gasteiger partial charge in [-0.1, -0.05) is 0 Å². The van der Waals surface area contributed by atoms with E-state index >= 15 is 0 Å². The molecule has 4 heteroatoms. The van der Waals surface area contributed by atoms with Gasteiger partial charge in [-0.25, -0.2) is 0 Å². The van der Waals surface area contributed by atoms with Crippen LogP contribution in [-0.4, -0.2) is 20.8 Å². The predicted molar refractivity (Wildman–Crippen MR) is 60.3 cm³/mol. The van der Waals surface area contributed by atoms with Crippen molar-refractivity contribution in [3.8, 4) is 11.5 Å². The number of benzene rings is 1. The molecule has 0 heterocycles. The van der Waals surface area contributed by atoms with Gasteiger partial charge in [0.25, 0.3) is 0 Å². The quantitative estimate of drug-likeness (QED) is 0.777. The molecular formula is C11H18N2O2. The van der Waals surface area contributed by atoms with Gasteiger partial charge in [-0.2, -0.15) is 0 Å². The van der Waals surface area contributed by atoms with Crippen LogP contribution in [0.5, 0.6) is 11.5 Å². The van der Waals surface area contributed by atoms with E-state index in [1.54, 1.807) is 14.2 Å². The Morgan fingerprint density at radius 2 is 1.93 bits per heavy atom. The van der Waals surface area contributed by atoms with Crippen molar-refractivity contribution in [3.63, 3.8) is 0 Å². The average molecular weight is 210 g/mol. The highest BCUT2D eigenvalue weighted by molar-refractivity contribution is 5.47. The first kappa shape index (κ1) is 11.8. The lowest BCUT2D eigenvalue weighted by Gasteiger charge is -2.17. The lowest BCUT2D eigenvalue weighted by Crippen LogP contribution is -2.22. The minimum atomic E-state index is -0.203. The van der Waals surface area contributed by atoms with Crippen LogP contribution in [0.2, 0.25) is 0 Å². The van der Waals surface area contributed by atoms with Crippen molar-refractivity contribution >= 4 is 0 Å². The molecule has 4 nitrogen and oxygen atoms in total. The predicted octanol–water partition coefficient (Wildman–Crippen LogP) is 0.971. The van der Waals surface area contributed by atoms with Crippen molar-refractivity contribution in [3.05, 3.63) is 23.3 Å². The first-order valence-corrected chi connectivity index (χ1v) is 4.82. The molecule has 0 bridgehead atoms. The molecule has 4 N–H and O–H groups in total. The third kappa shape index (κ3) is 2.40. The fourth-order valence-corrected chi connectivity index (χ4v) is 1.61. The number of hydrogen-bond acceptors (Lipinski definition) is 4. The molecule has 15 heavy (non-hydrogen) atoms. The third-order valence-corrected chi connectivity index (χ3v) is 2.40. The van der Waals surface area contributed by atoms with Crippen LogP contribution in [0.3, 0.4) is 0 Å². The summed E-state index contributed by atoms with van der Waals surface area (Å²) in [5, 5.41) is 0. The minimum Gasteiger partial charge on any atom is -0.497 e. The fraction of sp³-hybridized carbons (Fsp3) is 0.455. The molecule has 1 aromatic rings. The van der Waals surface area contributed by atoms with E-state index in [2.05, 4.69) is 0 Å². The van der Waals surface area contributed by atoms with Crippen LogP contribution in [0.25, 0.3) is 0 Å². The van der Waals surface area contributed by atoms with Crippen LogP contribution in [0.1, 0.15) is 17.2 Å². The monoisotopic (exact) mass is 210 g/mol. The summed E-state index contributed by atoms with van der Waals surface area (Å²) in [6.45, 7) is 2.36. The maximum atomic E-state index is 5.92. The molecule has 0 saturated heterocycles. The second kappa shape index (κ2) is 5.00. The lowest BCUT2D eigenvalue weighted by molar-refractivity contribution is 0.388. The molecule has 0 aliphatic rings. The summed E-state index contributed by atoms with van der Waals surface area (Å²) < 4.78 is 10.4. The van der Waals surface area contributed by atoms with Gasteiger partial charge in [-0.05, 0) is 18.6 Å². The van der Waals surface area contributed by atoms with Gasteiger partial charge in [0, 0.05) is 24.2 Å². The van der Waals surface area contributed by atoms with E-state index in [9.17, 15) is 0 Å². The number of methoxy groups -OCH3 is 2. The number of nitrogens with two attached hydrogens (primary N) is 2.